The summed E-state index contributed by atoms with van der Waals surface area (Å²) >= 11 is 0. The van der Waals surface area contributed by atoms with Gasteiger partial charge in [0.1, 0.15) is 0 Å². The first kappa shape index (κ1) is 17.5. The van der Waals surface area contributed by atoms with Crippen molar-refractivity contribution >= 4 is 26.6 Å². The minimum absolute atomic E-state index is 0.142. The van der Waals surface area contributed by atoms with Gasteiger partial charge in [-0.15, -0.1) is 0 Å². The third kappa shape index (κ3) is 3.64. The average Bonchev–Trinajstić information content (AvgIpc) is 3.23. The van der Waals surface area contributed by atoms with Crippen LogP contribution in [-0.2, 0) is 21.2 Å². The number of rotatable bonds is 4. The van der Waals surface area contributed by atoms with Gasteiger partial charge in [0, 0.05) is 56.9 Å². The Balaban J connectivity index is 1.29. The summed E-state index contributed by atoms with van der Waals surface area (Å²) in [7, 11) is -2.85. The fraction of sp³-hybridized carbons (Fsp3) is 0.526. The van der Waals surface area contributed by atoms with E-state index < -0.39 is 9.84 Å². The molecule has 7 heteroatoms. The molecule has 2 aliphatic rings. The summed E-state index contributed by atoms with van der Waals surface area (Å²) in [5, 5.41) is 1.19. The number of sulfone groups is 1. The molecule has 6 nitrogen and oxygen atoms in total. The summed E-state index contributed by atoms with van der Waals surface area (Å²) in [5.41, 5.74) is 1.16. The van der Waals surface area contributed by atoms with Crippen LogP contribution in [0.15, 0.2) is 36.5 Å². The first-order valence-electron chi connectivity index (χ1n) is 9.28. The zero-order valence-corrected chi connectivity index (χ0v) is 15.7. The third-order valence-corrected chi connectivity index (χ3v) is 7.39. The fourth-order valence-electron chi connectivity index (χ4n) is 4.11. The number of amides is 1. The molecule has 2 aromatic rings. The van der Waals surface area contributed by atoms with Gasteiger partial charge < -0.3 is 9.47 Å². The molecule has 1 aromatic heterocycles. The Bertz CT molecular complexity index is 898. The number of aryl methyl sites for hydroxylation is 1. The number of para-hydroxylation sites is 1. The van der Waals surface area contributed by atoms with Gasteiger partial charge in [-0.1, -0.05) is 18.2 Å². The summed E-state index contributed by atoms with van der Waals surface area (Å²) in [6.07, 6.45) is 3.27. The van der Waals surface area contributed by atoms with Gasteiger partial charge in [-0.05, 0) is 23.9 Å². The normalized spacial score (nSPS) is 23.5. The monoisotopic (exact) mass is 375 g/mol. The number of hydrogen-bond acceptors (Lipinski definition) is 4. The highest BCUT2D eigenvalue weighted by Crippen LogP contribution is 2.20. The van der Waals surface area contributed by atoms with Crippen molar-refractivity contribution in [2.45, 2.75) is 25.4 Å². The van der Waals surface area contributed by atoms with Gasteiger partial charge in [0.25, 0.3) is 0 Å². The molecule has 2 fully saturated rings. The highest BCUT2D eigenvalue weighted by molar-refractivity contribution is 7.91. The summed E-state index contributed by atoms with van der Waals surface area (Å²) in [6, 6.07) is 10.4. The van der Waals surface area contributed by atoms with Gasteiger partial charge in [-0.3, -0.25) is 9.69 Å². The van der Waals surface area contributed by atoms with E-state index in [1.54, 1.807) is 0 Å². The second-order valence-corrected chi connectivity index (χ2v) is 9.52. The Morgan fingerprint density at radius 1 is 1.08 bits per heavy atom. The van der Waals surface area contributed by atoms with Gasteiger partial charge in [0.15, 0.2) is 9.84 Å². The van der Waals surface area contributed by atoms with Gasteiger partial charge in [0.05, 0.1) is 11.5 Å². The maximum Gasteiger partial charge on any atom is 0.224 e. The van der Waals surface area contributed by atoms with Crippen molar-refractivity contribution in [2.75, 3.05) is 37.7 Å². The molecule has 0 spiro atoms. The molecule has 1 aromatic carbocycles. The maximum atomic E-state index is 12.6. The molecule has 2 saturated heterocycles. The smallest absolute Gasteiger partial charge is 0.224 e. The lowest BCUT2D eigenvalue weighted by atomic mass is 10.2. The van der Waals surface area contributed by atoms with Crippen LogP contribution in [0.1, 0.15) is 12.8 Å². The topological polar surface area (TPSA) is 62.6 Å². The van der Waals surface area contributed by atoms with E-state index in [0.717, 1.165) is 25.0 Å². The predicted molar refractivity (Wildman–Crippen MR) is 102 cm³/mol. The van der Waals surface area contributed by atoms with Crippen LogP contribution >= 0.6 is 0 Å². The average molecular weight is 375 g/mol. The first-order valence-corrected chi connectivity index (χ1v) is 11.1. The molecule has 0 N–H and O–H groups in total. The van der Waals surface area contributed by atoms with Crippen LogP contribution in [0, 0.1) is 0 Å². The summed E-state index contributed by atoms with van der Waals surface area (Å²) in [6.45, 7) is 3.63. The van der Waals surface area contributed by atoms with Gasteiger partial charge in [-0.25, -0.2) is 8.42 Å². The van der Waals surface area contributed by atoms with Crippen molar-refractivity contribution in [1.82, 2.24) is 14.4 Å². The minimum atomic E-state index is -2.85. The number of aromatic nitrogens is 1. The molecular weight excluding hydrogens is 350 g/mol. The van der Waals surface area contributed by atoms with Crippen molar-refractivity contribution in [3.63, 3.8) is 0 Å². The van der Waals surface area contributed by atoms with E-state index in [1.165, 1.54) is 5.39 Å². The van der Waals surface area contributed by atoms with E-state index in [1.807, 2.05) is 23.2 Å². The number of carbonyl (C=O) groups excluding carboxylic acids is 1. The molecule has 0 bridgehead atoms. The Labute approximate surface area is 154 Å². The molecule has 0 radical (unpaired) electrons. The Morgan fingerprint density at radius 2 is 1.85 bits per heavy atom. The number of piperazine rings is 1. The van der Waals surface area contributed by atoms with Gasteiger partial charge in [-0.2, -0.15) is 0 Å². The van der Waals surface area contributed by atoms with E-state index in [9.17, 15) is 13.2 Å². The molecule has 1 unspecified atom stereocenters. The number of hydrogen-bond donors (Lipinski definition) is 0. The van der Waals surface area contributed by atoms with Crippen LogP contribution in [0.2, 0.25) is 0 Å². The third-order valence-electron chi connectivity index (χ3n) is 5.64. The maximum absolute atomic E-state index is 12.6. The predicted octanol–water partition coefficient (Wildman–Crippen LogP) is 1.36. The molecule has 1 amide bonds. The Hall–Kier alpha value is -1.86. The highest BCUT2D eigenvalue weighted by Gasteiger charge is 2.34. The zero-order valence-electron chi connectivity index (χ0n) is 14.9. The van der Waals surface area contributed by atoms with Crippen molar-refractivity contribution in [2.24, 2.45) is 0 Å². The number of benzene rings is 1. The van der Waals surface area contributed by atoms with Crippen molar-refractivity contribution in [1.29, 1.82) is 0 Å². The first-order chi connectivity index (χ1) is 12.5. The number of nitrogens with zero attached hydrogens (tertiary/aromatic N) is 3. The van der Waals surface area contributed by atoms with E-state index in [2.05, 4.69) is 27.7 Å². The second kappa shape index (κ2) is 7.04. The van der Waals surface area contributed by atoms with E-state index in [4.69, 9.17) is 0 Å². The Morgan fingerprint density at radius 3 is 2.58 bits per heavy atom. The highest BCUT2D eigenvalue weighted by atomic mass is 32.2. The number of fused-ring (bicyclic) bond motifs is 1. The second-order valence-electron chi connectivity index (χ2n) is 7.29. The Kier molecular flexibility index (Phi) is 4.75. The van der Waals surface area contributed by atoms with Gasteiger partial charge in [0.2, 0.25) is 5.91 Å². The van der Waals surface area contributed by atoms with Gasteiger partial charge >= 0.3 is 0 Å². The van der Waals surface area contributed by atoms with Crippen LogP contribution in [0.25, 0.3) is 10.9 Å². The van der Waals surface area contributed by atoms with E-state index in [-0.39, 0.29) is 17.7 Å². The fourth-order valence-corrected chi connectivity index (χ4v) is 5.87. The van der Waals surface area contributed by atoms with Crippen LogP contribution < -0.4 is 0 Å². The van der Waals surface area contributed by atoms with Crippen molar-refractivity contribution in [3.05, 3.63) is 36.5 Å². The molecule has 0 saturated carbocycles. The standard InChI is InChI=1S/C19H25N3O3S/c23-19(6-9-21-8-5-16-3-1-2-4-18(16)21)22-12-10-20(11-13-22)17-7-14-26(24,25)15-17/h1-5,8,17H,6-7,9-15H2. The molecule has 4 rings (SSSR count). The number of carbonyl (C=O) groups is 1. The largest absolute Gasteiger partial charge is 0.347 e. The van der Waals surface area contributed by atoms with Crippen LogP contribution in [0.3, 0.4) is 0 Å². The summed E-state index contributed by atoms with van der Waals surface area (Å²) in [5.74, 6) is 0.769. The minimum Gasteiger partial charge on any atom is -0.347 e. The SMILES string of the molecule is O=C(CCn1ccc2ccccc21)N1CCN(C2CCS(=O)(=O)C2)CC1. The lowest BCUT2D eigenvalue weighted by molar-refractivity contribution is -0.133. The molecular formula is C19H25N3O3S. The van der Waals surface area contributed by atoms with Crippen molar-refractivity contribution in [3.8, 4) is 0 Å². The molecule has 2 aliphatic heterocycles. The summed E-state index contributed by atoms with van der Waals surface area (Å²) < 4.78 is 25.4. The molecule has 0 aliphatic carbocycles. The lowest BCUT2D eigenvalue weighted by Gasteiger charge is -2.37. The quantitative estimate of drug-likeness (QED) is 0.810. The summed E-state index contributed by atoms with van der Waals surface area (Å²) in [4.78, 5) is 16.7. The molecule has 26 heavy (non-hydrogen) atoms. The zero-order chi connectivity index (χ0) is 18.1. The van der Waals surface area contributed by atoms with Crippen LogP contribution in [0.4, 0.5) is 0 Å². The van der Waals surface area contributed by atoms with E-state index >= 15 is 0 Å². The van der Waals surface area contributed by atoms with Crippen LogP contribution in [0.5, 0.6) is 0 Å². The van der Waals surface area contributed by atoms with Crippen molar-refractivity contribution < 1.29 is 13.2 Å². The van der Waals surface area contributed by atoms with Crippen LogP contribution in [-0.4, -0.2) is 72.4 Å². The molecule has 1 atom stereocenters. The lowest BCUT2D eigenvalue weighted by Crippen LogP contribution is -2.52. The van der Waals surface area contributed by atoms with E-state index in [0.29, 0.717) is 31.8 Å². The molecule has 3 heterocycles. The molecule has 140 valence electrons.